The molecule has 3 nitrogen and oxygen atoms in total. The van der Waals surface area contributed by atoms with Gasteiger partial charge in [0.25, 0.3) is 0 Å². The van der Waals surface area contributed by atoms with E-state index in [0.29, 0.717) is 6.54 Å². The number of hydrogen-bond donors (Lipinski definition) is 3. The maximum absolute atomic E-state index is 9.33. The average molecular weight is 116 g/mol. The first-order valence-corrected chi connectivity index (χ1v) is 2.89. The van der Waals surface area contributed by atoms with Crippen molar-refractivity contribution in [2.45, 2.75) is 12.1 Å². The van der Waals surface area contributed by atoms with E-state index in [1.807, 2.05) is 0 Å². The van der Waals surface area contributed by atoms with Crippen LogP contribution in [0.5, 0.6) is 0 Å². The summed E-state index contributed by atoms with van der Waals surface area (Å²) in [7, 11) is 1.77. The second kappa shape index (κ2) is 2.01. The fourth-order valence-corrected chi connectivity index (χ4v) is 0.892. The molecule has 1 rings (SSSR count). The number of rotatable bonds is 1. The third kappa shape index (κ3) is 0.992. The van der Waals surface area contributed by atoms with Crippen molar-refractivity contribution in [1.29, 1.82) is 0 Å². The zero-order valence-corrected chi connectivity index (χ0v) is 5.07. The highest BCUT2D eigenvalue weighted by molar-refractivity contribution is 4.83. The molecule has 0 aromatic heterocycles. The molecule has 1 aliphatic rings. The molecule has 0 spiro atoms. The molecule has 0 saturated carbocycles. The number of nitrogens with one attached hydrogen (secondary N) is 2. The van der Waals surface area contributed by atoms with E-state index in [-0.39, 0.29) is 0 Å². The molecule has 1 fully saturated rings. The lowest BCUT2D eigenvalue weighted by atomic mass is 10.2. The quantitative estimate of drug-likeness (QED) is 0.380. The lowest BCUT2D eigenvalue weighted by Crippen LogP contribution is -2.44. The summed E-state index contributed by atoms with van der Waals surface area (Å²) < 4.78 is 0. The molecule has 1 saturated heterocycles. The Bertz CT molecular complexity index is 78.5. The maximum atomic E-state index is 9.33. The van der Waals surface area contributed by atoms with E-state index < -0.39 is 5.72 Å². The van der Waals surface area contributed by atoms with Gasteiger partial charge in [-0.3, -0.25) is 5.32 Å². The van der Waals surface area contributed by atoms with Crippen LogP contribution in [0.4, 0.5) is 0 Å². The van der Waals surface area contributed by atoms with Gasteiger partial charge in [-0.1, -0.05) is 0 Å². The van der Waals surface area contributed by atoms with Gasteiger partial charge in [-0.15, -0.1) is 0 Å². The van der Waals surface area contributed by atoms with Gasteiger partial charge in [-0.05, 0) is 13.6 Å². The van der Waals surface area contributed by atoms with Crippen molar-refractivity contribution in [3.05, 3.63) is 0 Å². The molecule has 0 unspecified atom stereocenters. The molecule has 0 aliphatic carbocycles. The van der Waals surface area contributed by atoms with Gasteiger partial charge in [0.1, 0.15) is 5.72 Å². The molecular weight excluding hydrogens is 104 g/mol. The Hall–Kier alpha value is -0.120. The first kappa shape index (κ1) is 6.01. The highest BCUT2D eigenvalue weighted by Crippen LogP contribution is 2.07. The van der Waals surface area contributed by atoms with E-state index in [2.05, 4.69) is 10.6 Å². The third-order valence-electron chi connectivity index (χ3n) is 1.60. The number of β-amino-alcohol motifs (C(OH)–C–C–N with tert-alkyl or cyclic N) is 1. The van der Waals surface area contributed by atoms with E-state index in [1.54, 1.807) is 7.05 Å². The van der Waals surface area contributed by atoms with Crippen molar-refractivity contribution in [3.8, 4) is 0 Å². The number of likely N-dealkylation sites (N-methyl/N-ethyl adjacent to an activating group) is 1. The van der Waals surface area contributed by atoms with Gasteiger partial charge >= 0.3 is 0 Å². The minimum atomic E-state index is -0.625. The van der Waals surface area contributed by atoms with Crippen LogP contribution < -0.4 is 10.6 Å². The molecule has 1 atom stereocenters. The van der Waals surface area contributed by atoms with Crippen LogP contribution in [0.15, 0.2) is 0 Å². The molecule has 8 heavy (non-hydrogen) atoms. The van der Waals surface area contributed by atoms with Gasteiger partial charge in [0.15, 0.2) is 0 Å². The summed E-state index contributed by atoms with van der Waals surface area (Å²) in [6.45, 7) is 1.58. The maximum Gasteiger partial charge on any atom is 0.129 e. The smallest absolute Gasteiger partial charge is 0.129 e. The van der Waals surface area contributed by atoms with E-state index >= 15 is 0 Å². The predicted molar refractivity (Wildman–Crippen MR) is 31.5 cm³/mol. The fraction of sp³-hybridized carbons (Fsp3) is 1.00. The molecule has 1 aliphatic heterocycles. The fourth-order valence-electron chi connectivity index (χ4n) is 0.892. The van der Waals surface area contributed by atoms with Crippen LogP contribution in [-0.2, 0) is 0 Å². The van der Waals surface area contributed by atoms with Crippen LogP contribution in [0.2, 0.25) is 0 Å². The van der Waals surface area contributed by atoms with E-state index in [4.69, 9.17) is 0 Å². The Morgan fingerprint density at radius 1 is 1.75 bits per heavy atom. The van der Waals surface area contributed by atoms with Crippen LogP contribution in [-0.4, -0.2) is 31.0 Å². The van der Waals surface area contributed by atoms with Crippen molar-refractivity contribution in [2.75, 3.05) is 20.1 Å². The zero-order valence-electron chi connectivity index (χ0n) is 5.07. The minimum absolute atomic E-state index is 0.625. The Kier molecular flexibility index (Phi) is 1.51. The second-order valence-corrected chi connectivity index (χ2v) is 2.21. The van der Waals surface area contributed by atoms with Crippen molar-refractivity contribution >= 4 is 0 Å². The van der Waals surface area contributed by atoms with Gasteiger partial charge in [0.2, 0.25) is 0 Å². The van der Waals surface area contributed by atoms with Gasteiger partial charge in [-0.2, -0.15) is 0 Å². The molecule has 3 heteroatoms. The monoisotopic (exact) mass is 116 g/mol. The Labute approximate surface area is 49.1 Å². The first-order chi connectivity index (χ1) is 3.77. The molecular formula is C5H12N2O. The van der Waals surface area contributed by atoms with E-state index in [0.717, 1.165) is 13.0 Å². The summed E-state index contributed by atoms with van der Waals surface area (Å²) in [4.78, 5) is 0. The summed E-state index contributed by atoms with van der Waals surface area (Å²) in [5, 5.41) is 15.2. The van der Waals surface area contributed by atoms with Crippen LogP contribution in [0.1, 0.15) is 6.42 Å². The predicted octanol–water partition coefficient (Wildman–Crippen LogP) is -1.11. The highest BCUT2D eigenvalue weighted by atomic mass is 16.3. The van der Waals surface area contributed by atoms with Crippen molar-refractivity contribution < 1.29 is 5.11 Å². The summed E-state index contributed by atoms with van der Waals surface area (Å²) >= 11 is 0. The van der Waals surface area contributed by atoms with Crippen LogP contribution in [0.3, 0.4) is 0 Å². The van der Waals surface area contributed by atoms with Crippen molar-refractivity contribution in [2.24, 2.45) is 0 Å². The summed E-state index contributed by atoms with van der Waals surface area (Å²) in [5.41, 5.74) is -0.625. The number of aliphatic hydroxyl groups is 1. The third-order valence-corrected chi connectivity index (χ3v) is 1.60. The summed E-state index contributed by atoms with van der Waals surface area (Å²) in [6.07, 6.45) is 0.809. The zero-order chi connectivity index (χ0) is 6.04. The lowest BCUT2D eigenvalue weighted by Gasteiger charge is -2.19. The van der Waals surface area contributed by atoms with Crippen LogP contribution >= 0.6 is 0 Å². The van der Waals surface area contributed by atoms with Crippen molar-refractivity contribution in [1.82, 2.24) is 10.6 Å². The highest BCUT2D eigenvalue weighted by Gasteiger charge is 2.27. The van der Waals surface area contributed by atoms with Crippen LogP contribution in [0.25, 0.3) is 0 Å². The van der Waals surface area contributed by atoms with Gasteiger partial charge < -0.3 is 10.4 Å². The summed E-state index contributed by atoms with van der Waals surface area (Å²) in [5.74, 6) is 0. The van der Waals surface area contributed by atoms with Gasteiger partial charge in [0.05, 0.1) is 0 Å². The topological polar surface area (TPSA) is 44.3 Å². The van der Waals surface area contributed by atoms with E-state index in [9.17, 15) is 5.11 Å². The Balaban J connectivity index is 2.40. The first-order valence-electron chi connectivity index (χ1n) is 2.89. The molecule has 0 aromatic rings. The van der Waals surface area contributed by atoms with Crippen LogP contribution in [0, 0.1) is 0 Å². The largest absolute Gasteiger partial charge is 0.374 e. The standard InChI is InChI=1S/C5H12N2O/c1-6-5(8)2-3-7-4-5/h6-8H,2-4H2,1H3/t5-/m0/s1. The van der Waals surface area contributed by atoms with Gasteiger partial charge in [0, 0.05) is 13.0 Å². The normalized spacial score (nSPS) is 38.2. The Morgan fingerprint density at radius 3 is 2.75 bits per heavy atom. The SMILES string of the molecule is CN[C@]1(O)CCNC1. The molecule has 0 aromatic carbocycles. The summed E-state index contributed by atoms with van der Waals surface area (Å²) in [6, 6.07) is 0. The number of hydrogen-bond acceptors (Lipinski definition) is 3. The van der Waals surface area contributed by atoms with Gasteiger partial charge in [-0.25, -0.2) is 0 Å². The minimum Gasteiger partial charge on any atom is -0.374 e. The second-order valence-electron chi connectivity index (χ2n) is 2.21. The molecule has 48 valence electrons. The molecule has 0 amide bonds. The average Bonchev–Trinajstić information content (AvgIpc) is 2.17. The molecule has 1 heterocycles. The molecule has 3 N–H and O–H groups in total. The lowest BCUT2D eigenvalue weighted by molar-refractivity contribution is 0.0336. The van der Waals surface area contributed by atoms with Crippen molar-refractivity contribution in [3.63, 3.8) is 0 Å². The molecule has 0 bridgehead atoms. The molecule has 0 radical (unpaired) electrons. The Morgan fingerprint density at radius 2 is 2.50 bits per heavy atom. The van der Waals surface area contributed by atoms with E-state index in [1.165, 1.54) is 0 Å².